The van der Waals surface area contributed by atoms with Crippen LogP contribution in [0.25, 0.3) is 0 Å². The van der Waals surface area contributed by atoms with Crippen molar-refractivity contribution in [3.05, 3.63) is 35.4 Å². The molecule has 7 amide bonds. The molecule has 5 rings (SSSR count). The smallest absolute Gasteiger partial charge is 0.404 e. The summed E-state index contributed by atoms with van der Waals surface area (Å²) in [6, 6.07) is 1.78. The van der Waals surface area contributed by atoms with Gasteiger partial charge in [0.2, 0.25) is 35.4 Å². The minimum atomic E-state index is -1.23. The molecule has 73 heavy (non-hydrogen) atoms. The van der Waals surface area contributed by atoms with Gasteiger partial charge in [-0.2, -0.15) is 0 Å². The molecule has 18 nitrogen and oxygen atoms in total. The van der Waals surface area contributed by atoms with Gasteiger partial charge in [0.1, 0.15) is 30.2 Å². The third kappa shape index (κ3) is 17.2. The van der Waals surface area contributed by atoms with Crippen LogP contribution in [0.1, 0.15) is 163 Å². The van der Waals surface area contributed by atoms with Crippen molar-refractivity contribution in [2.75, 3.05) is 39.9 Å². The molecule has 0 aromatic heterocycles. The van der Waals surface area contributed by atoms with E-state index in [-0.39, 0.29) is 30.5 Å². The molecule has 1 unspecified atom stereocenters. The second kappa shape index (κ2) is 28.9. The van der Waals surface area contributed by atoms with E-state index >= 15 is 0 Å². The van der Waals surface area contributed by atoms with Crippen molar-refractivity contribution in [3.63, 3.8) is 0 Å². The predicted octanol–water partition coefficient (Wildman–Crippen LogP) is 4.80. The van der Waals surface area contributed by atoms with Crippen LogP contribution in [0.3, 0.4) is 0 Å². The van der Waals surface area contributed by atoms with Gasteiger partial charge in [-0.25, -0.2) is 0 Å². The Kier molecular flexibility index (Phi) is 24.1. The first kappa shape index (κ1) is 61.0. The van der Waals surface area contributed by atoms with Crippen molar-refractivity contribution < 1.29 is 52.3 Å². The molecule has 19 heteroatoms. The van der Waals surface area contributed by atoms with Gasteiger partial charge in [0.25, 0.3) is 5.91 Å². The summed E-state index contributed by atoms with van der Waals surface area (Å²) in [5.41, 5.74) is 1.26. The molecule has 3 aliphatic carbocycles. The average Bonchev–Trinajstić information content (AvgIpc) is 3.70. The maximum atomic E-state index is 14.1. The Morgan fingerprint density at radius 3 is 2.01 bits per heavy atom. The molecule has 1 aromatic rings. The number of hydrogen-bond acceptors (Lipinski definition) is 11. The molecule has 1 aromatic carbocycles. The van der Waals surface area contributed by atoms with Crippen molar-refractivity contribution >= 4 is 48.5 Å². The summed E-state index contributed by atoms with van der Waals surface area (Å²) in [7, 11) is 0.790. The number of rotatable bonds is 32. The molecule has 3 saturated carbocycles. The van der Waals surface area contributed by atoms with Crippen LogP contribution in [-0.2, 0) is 54.0 Å². The number of nitrogens with zero attached hydrogens (tertiary/aromatic N) is 1. The zero-order chi connectivity index (χ0) is 54.0. The molecule has 2 bridgehead atoms. The lowest BCUT2D eigenvalue weighted by molar-refractivity contribution is -0.199. The van der Waals surface area contributed by atoms with E-state index in [4.69, 9.17) is 18.8 Å². The van der Waals surface area contributed by atoms with Crippen molar-refractivity contribution in [2.24, 2.45) is 23.2 Å². The highest BCUT2D eigenvalue weighted by Crippen LogP contribution is 2.65. The number of nitrogens with one attached hydrogen (secondary N) is 6. The molecular formula is C54H90BN7O11. The van der Waals surface area contributed by atoms with Crippen LogP contribution in [0, 0.1) is 23.2 Å². The van der Waals surface area contributed by atoms with Crippen molar-refractivity contribution in [1.82, 2.24) is 36.8 Å². The Morgan fingerprint density at radius 2 is 1.37 bits per heavy atom. The fraction of sp³-hybridized carbons (Fsp3) is 0.759. The SMILES string of the molecule is CCCCCCc1ccc(C(=O)N[C@H](COCCCC)C(=O)N[C@H](C)C(=O)NCC(=O)N(C)[C@H](C(=O)N[C@@H](C)C(=O)N[C@@H](CC(C)C)C(=O)NCB2O[C@@H]3C[C@@H]4C[C@@H](C4(C)C)[C@]3(C)O2)C(C)OCCCC)cc1. The van der Waals surface area contributed by atoms with Crippen LogP contribution in [-0.4, -0.2) is 141 Å². The van der Waals surface area contributed by atoms with Crippen LogP contribution in [0.4, 0.5) is 0 Å². The van der Waals surface area contributed by atoms with Gasteiger partial charge in [0.05, 0.1) is 37.4 Å². The Bertz CT molecular complexity index is 1990. The maximum absolute atomic E-state index is 14.1. The molecule has 6 N–H and O–H groups in total. The van der Waals surface area contributed by atoms with Crippen LogP contribution in [0.15, 0.2) is 24.3 Å². The fourth-order valence-corrected chi connectivity index (χ4v) is 10.3. The molecule has 1 aliphatic heterocycles. The fourth-order valence-electron chi connectivity index (χ4n) is 10.3. The minimum absolute atomic E-state index is 0.0388. The Hall–Kier alpha value is -4.59. The highest BCUT2D eigenvalue weighted by Gasteiger charge is 2.67. The second-order valence-electron chi connectivity index (χ2n) is 21.9. The van der Waals surface area contributed by atoms with Gasteiger partial charge in [-0.3, -0.25) is 33.6 Å². The molecule has 0 spiro atoms. The van der Waals surface area contributed by atoms with Crippen molar-refractivity contribution in [2.45, 2.75) is 201 Å². The van der Waals surface area contributed by atoms with E-state index < -0.39 is 96.9 Å². The van der Waals surface area contributed by atoms with E-state index in [1.54, 1.807) is 19.1 Å². The predicted molar refractivity (Wildman–Crippen MR) is 281 cm³/mol. The Balaban J connectivity index is 1.33. The van der Waals surface area contributed by atoms with E-state index in [9.17, 15) is 33.6 Å². The molecular weight excluding hydrogens is 933 g/mol. The van der Waals surface area contributed by atoms with E-state index in [1.807, 2.05) is 39.8 Å². The number of carbonyl (C=O) groups is 7. The molecule has 10 atom stereocenters. The first-order valence-corrected chi connectivity index (χ1v) is 27.2. The largest absolute Gasteiger partial charge is 0.478 e. The Labute approximate surface area is 435 Å². The molecule has 1 heterocycles. The lowest BCUT2D eigenvalue weighted by Crippen LogP contribution is -2.65. The highest BCUT2D eigenvalue weighted by atomic mass is 16.7. The van der Waals surface area contributed by atoms with Crippen LogP contribution >= 0.6 is 0 Å². The quantitative estimate of drug-likeness (QED) is 0.0424. The van der Waals surface area contributed by atoms with Gasteiger partial charge in [0, 0.05) is 25.8 Å². The Morgan fingerprint density at radius 1 is 0.726 bits per heavy atom. The first-order valence-electron chi connectivity index (χ1n) is 27.2. The van der Waals surface area contributed by atoms with Gasteiger partial charge in [-0.15, -0.1) is 0 Å². The van der Waals surface area contributed by atoms with Crippen molar-refractivity contribution in [1.29, 1.82) is 0 Å². The molecule has 4 aliphatic rings. The first-order chi connectivity index (χ1) is 34.6. The third-order valence-electron chi connectivity index (χ3n) is 15.2. The zero-order valence-electron chi connectivity index (χ0n) is 46.1. The van der Waals surface area contributed by atoms with E-state index in [1.165, 1.54) is 27.3 Å². The molecule has 410 valence electrons. The summed E-state index contributed by atoms with van der Waals surface area (Å²) in [6.07, 6.45) is 10.2. The summed E-state index contributed by atoms with van der Waals surface area (Å²) in [4.78, 5) is 96.5. The van der Waals surface area contributed by atoms with Crippen LogP contribution in [0.2, 0.25) is 0 Å². The summed E-state index contributed by atoms with van der Waals surface area (Å²) >= 11 is 0. The monoisotopic (exact) mass is 1020 g/mol. The lowest BCUT2D eigenvalue weighted by Gasteiger charge is -2.64. The number of amides is 7. The summed E-state index contributed by atoms with van der Waals surface area (Å²) in [6.45, 7) is 21.4. The van der Waals surface area contributed by atoms with Crippen LogP contribution in [0.5, 0.6) is 0 Å². The summed E-state index contributed by atoms with van der Waals surface area (Å²) in [5.74, 6) is -3.12. The average molecular weight is 1020 g/mol. The topological polar surface area (TPSA) is 232 Å². The second-order valence-corrected chi connectivity index (χ2v) is 21.9. The number of likely N-dealkylation sites (N-methyl/N-ethyl adjacent to an activating group) is 1. The molecule has 0 radical (unpaired) electrons. The van der Waals surface area contributed by atoms with E-state index in [0.717, 1.165) is 68.3 Å². The normalized spacial score (nSPS) is 22.0. The summed E-state index contributed by atoms with van der Waals surface area (Å²) in [5, 5.41) is 16.4. The zero-order valence-corrected chi connectivity index (χ0v) is 46.1. The molecule has 1 saturated heterocycles. The van der Waals surface area contributed by atoms with Gasteiger partial charge >= 0.3 is 7.12 Å². The van der Waals surface area contributed by atoms with Gasteiger partial charge in [-0.05, 0) is 114 Å². The number of hydrogen-bond donors (Lipinski definition) is 6. The summed E-state index contributed by atoms with van der Waals surface area (Å²) < 4.78 is 24.5. The lowest BCUT2D eigenvalue weighted by atomic mass is 9.43. The maximum Gasteiger partial charge on any atom is 0.478 e. The van der Waals surface area contributed by atoms with Gasteiger partial charge in [0.15, 0.2) is 0 Å². The van der Waals surface area contributed by atoms with E-state index in [2.05, 4.69) is 59.6 Å². The van der Waals surface area contributed by atoms with E-state index in [0.29, 0.717) is 43.5 Å². The number of benzene rings is 1. The van der Waals surface area contributed by atoms with Gasteiger partial charge in [-0.1, -0.05) is 92.7 Å². The highest BCUT2D eigenvalue weighted by molar-refractivity contribution is 6.46. The van der Waals surface area contributed by atoms with Gasteiger partial charge < -0.3 is 55.6 Å². The number of unbranched alkanes of at least 4 members (excludes halogenated alkanes) is 5. The number of carbonyl (C=O) groups excluding carboxylic acids is 7. The number of ether oxygens (including phenoxy) is 2. The third-order valence-corrected chi connectivity index (χ3v) is 15.2. The standard InChI is InChI=1S/C54H90BN7O11/c1-13-16-19-20-21-38-22-24-39(25-23-38)49(66)61-42(32-70-26-17-14-2)51(68)58-35(6)47(64)56-31-45(63)62(12)46(37(8)71-27-18-15-3)52(69)59-36(7)48(65)60-41(28-34(4)5)50(67)57-33-55-72-44-30-40-29-43(53(40,9)10)54(44,11)73-55/h22-25,34-37,40-44,46H,13-21,26-33H2,1-12H3,(H,56,64)(H,57,67)(H,58,68)(H,59,69)(H,60,65)(H,61,66)/t35-,36+,37?,40+,41+,42-,43+,44-,46+,54+/m1/s1. The van der Waals surface area contributed by atoms with Crippen molar-refractivity contribution in [3.8, 4) is 0 Å². The molecule has 4 fully saturated rings. The van der Waals surface area contributed by atoms with Crippen LogP contribution < -0.4 is 31.9 Å². The minimum Gasteiger partial charge on any atom is -0.404 e. The number of aryl methyl sites for hydroxylation is 1.